The first-order chi connectivity index (χ1) is 8.66. The van der Waals surface area contributed by atoms with Crippen molar-refractivity contribution in [3.05, 3.63) is 70.2 Å². The predicted octanol–water partition coefficient (Wildman–Crippen LogP) is 3.44. The summed E-state index contributed by atoms with van der Waals surface area (Å²) < 4.78 is 0. The molecule has 1 N–H and O–H groups in total. The van der Waals surface area contributed by atoms with Gasteiger partial charge in [-0.3, -0.25) is 0 Å². The molecule has 2 nitrogen and oxygen atoms in total. The molecule has 0 amide bonds. The number of carbonyl (C=O) groups is 1. The van der Waals surface area contributed by atoms with E-state index in [1.165, 1.54) is 6.07 Å². The van der Waals surface area contributed by atoms with Crippen molar-refractivity contribution in [1.29, 1.82) is 0 Å². The smallest absolute Gasteiger partial charge is 0.337 e. The van der Waals surface area contributed by atoms with Gasteiger partial charge < -0.3 is 5.11 Å². The van der Waals surface area contributed by atoms with Crippen molar-refractivity contribution in [1.82, 2.24) is 0 Å². The second kappa shape index (κ2) is 5.39. The molecule has 0 saturated heterocycles. The number of carboxylic acids is 1. The Bertz CT molecular complexity index is 637. The molecule has 0 aliphatic carbocycles. The fourth-order valence-electron chi connectivity index (χ4n) is 1.43. The van der Waals surface area contributed by atoms with Crippen molar-refractivity contribution in [3.63, 3.8) is 0 Å². The molecule has 18 heavy (non-hydrogen) atoms. The first kappa shape index (κ1) is 12.2. The van der Waals surface area contributed by atoms with Gasteiger partial charge >= 0.3 is 5.97 Å². The van der Waals surface area contributed by atoms with Crippen LogP contribution in [0, 0.1) is 11.8 Å². The van der Waals surface area contributed by atoms with Gasteiger partial charge in [-0.1, -0.05) is 41.6 Å². The van der Waals surface area contributed by atoms with Crippen molar-refractivity contribution in [2.24, 2.45) is 0 Å². The molecular weight excluding hydrogens is 248 g/mol. The number of benzene rings is 2. The molecule has 0 aromatic heterocycles. The molecule has 0 fully saturated rings. The third-order valence-electron chi connectivity index (χ3n) is 2.32. The van der Waals surface area contributed by atoms with Gasteiger partial charge in [0.05, 0.1) is 10.6 Å². The molecule has 3 heteroatoms. The fraction of sp³-hybridized carbons (Fsp3) is 0. The highest BCUT2D eigenvalue weighted by Crippen LogP contribution is 2.17. The van der Waals surface area contributed by atoms with Gasteiger partial charge in [-0.05, 0) is 30.3 Å². The lowest BCUT2D eigenvalue weighted by atomic mass is 10.1. The molecule has 0 radical (unpaired) electrons. The van der Waals surface area contributed by atoms with Crippen LogP contribution >= 0.6 is 11.6 Å². The fourth-order valence-corrected chi connectivity index (χ4v) is 1.63. The van der Waals surface area contributed by atoms with E-state index in [0.29, 0.717) is 5.56 Å². The summed E-state index contributed by atoms with van der Waals surface area (Å²) in [5.41, 5.74) is 1.57. The van der Waals surface area contributed by atoms with Gasteiger partial charge in [0.15, 0.2) is 0 Å². The van der Waals surface area contributed by atoms with Gasteiger partial charge in [-0.15, -0.1) is 0 Å². The molecule has 88 valence electrons. The Morgan fingerprint density at radius 2 is 1.67 bits per heavy atom. The summed E-state index contributed by atoms with van der Waals surface area (Å²) in [6.07, 6.45) is 0. The predicted molar refractivity (Wildman–Crippen MR) is 70.8 cm³/mol. The number of rotatable bonds is 1. The molecule has 2 rings (SSSR count). The van der Waals surface area contributed by atoms with Crippen molar-refractivity contribution >= 4 is 17.6 Å². The second-order valence-electron chi connectivity index (χ2n) is 3.62. The first-order valence-electron chi connectivity index (χ1n) is 5.27. The summed E-state index contributed by atoms with van der Waals surface area (Å²) in [4.78, 5) is 10.9. The Hall–Kier alpha value is -2.24. The van der Waals surface area contributed by atoms with Crippen LogP contribution < -0.4 is 0 Å². The summed E-state index contributed by atoms with van der Waals surface area (Å²) in [7, 11) is 0. The van der Waals surface area contributed by atoms with Crippen LogP contribution in [0.5, 0.6) is 0 Å². The summed E-state index contributed by atoms with van der Waals surface area (Å²) in [5.74, 6) is 4.82. The Morgan fingerprint density at radius 3 is 2.33 bits per heavy atom. The van der Waals surface area contributed by atoms with Crippen LogP contribution in [0.1, 0.15) is 21.5 Å². The van der Waals surface area contributed by atoms with Crippen molar-refractivity contribution in [2.45, 2.75) is 0 Å². The number of hydrogen-bond donors (Lipinski definition) is 1. The van der Waals surface area contributed by atoms with Gasteiger partial charge in [0.25, 0.3) is 0 Å². The zero-order chi connectivity index (χ0) is 13.0. The van der Waals surface area contributed by atoms with Crippen LogP contribution in [-0.2, 0) is 0 Å². The summed E-state index contributed by atoms with van der Waals surface area (Å²) >= 11 is 5.78. The Balaban J connectivity index is 2.34. The minimum atomic E-state index is -1.05. The second-order valence-corrected chi connectivity index (χ2v) is 4.02. The van der Waals surface area contributed by atoms with Crippen LogP contribution in [0.25, 0.3) is 0 Å². The summed E-state index contributed by atoms with van der Waals surface area (Å²) in [6, 6.07) is 14.2. The largest absolute Gasteiger partial charge is 0.478 e. The molecule has 0 heterocycles. The number of halogens is 1. The van der Waals surface area contributed by atoms with E-state index < -0.39 is 5.97 Å². The lowest BCUT2D eigenvalue weighted by molar-refractivity contribution is 0.0697. The van der Waals surface area contributed by atoms with Crippen molar-refractivity contribution in [3.8, 4) is 11.8 Å². The van der Waals surface area contributed by atoms with Crippen LogP contribution in [-0.4, -0.2) is 11.1 Å². The average Bonchev–Trinajstić information content (AvgIpc) is 2.38. The standard InChI is InChI=1S/C15H9ClO2/c16-14-9-8-12(10-13(14)15(17)18)7-6-11-4-2-1-3-5-11/h1-5,8-10H,(H,17,18). The van der Waals surface area contributed by atoms with Gasteiger partial charge in [-0.25, -0.2) is 4.79 Å². The van der Waals surface area contributed by atoms with Gasteiger partial charge in [0, 0.05) is 11.1 Å². The zero-order valence-electron chi connectivity index (χ0n) is 9.35. The van der Waals surface area contributed by atoms with E-state index in [0.717, 1.165) is 5.56 Å². The Morgan fingerprint density at radius 1 is 1.00 bits per heavy atom. The molecule has 2 aromatic rings. The number of aromatic carboxylic acids is 1. The van der Waals surface area contributed by atoms with E-state index in [2.05, 4.69) is 11.8 Å². The highest BCUT2D eigenvalue weighted by atomic mass is 35.5. The first-order valence-corrected chi connectivity index (χ1v) is 5.64. The van der Waals surface area contributed by atoms with E-state index in [4.69, 9.17) is 16.7 Å². The van der Waals surface area contributed by atoms with Gasteiger partial charge in [0.1, 0.15) is 0 Å². The Labute approximate surface area is 110 Å². The molecule has 0 saturated carbocycles. The van der Waals surface area contributed by atoms with Crippen LogP contribution in [0.2, 0.25) is 5.02 Å². The highest BCUT2D eigenvalue weighted by Gasteiger charge is 2.08. The molecule has 0 aliphatic heterocycles. The monoisotopic (exact) mass is 256 g/mol. The topological polar surface area (TPSA) is 37.3 Å². The molecule has 0 spiro atoms. The van der Waals surface area contributed by atoms with Gasteiger partial charge in [-0.2, -0.15) is 0 Å². The van der Waals surface area contributed by atoms with E-state index in [9.17, 15) is 4.79 Å². The number of hydrogen-bond acceptors (Lipinski definition) is 1. The SMILES string of the molecule is O=C(O)c1cc(C#Cc2ccccc2)ccc1Cl. The normalized spacial score (nSPS) is 9.39. The molecule has 0 aliphatic rings. The van der Waals surface area contributed by atoms with Crippen molar-refractivity contribution in [2.75, 3.05) is 0 Å². The molecule has 0 bridgehead atoms. The van der Waals surface area contributed by atoms with E-state index in [1.54, 1.807) is 12.1 Å². The van der Waals surface area contributed by atoms with Crippen molar-refractivity contribution < 1.29 is 9.90 Å². The third-order valence-corrected chi connectivity index (χ3v) is 2.65. The van der Waals surface area contributed by atoms with Crippen LogP contribution in [0.15, 0.2) is 48.5 Å². The lowest BCUT2D eigenvalue weighted by Crippen LogP contribution is -1.97. The average molecular weight is 257 g/mol. The highest BCUT2D eigenvalue weighted by molar-refractivity contribution is 6.33. The molecule has 0 atom stereocenters. The summed E-state index contributed by atoms with van der Waals surface area (Å²) in [6.45, 7) is 0. The maximum absolute atomic E-state index is 10.9. The lowest BCUT2D eigenvalue weighted by Gasteiger charge is -1.98. The van der Waals surface area contributed by atoms with Crippen LogP contribution in [0.4, 0.5) is 0 Å². The van der Waals surface area contributed by atoms with Gasteiger partial charge in [0.2, 0.25) is 0 Å². The molecule has 0 unspecified atom stereocenters. The number of carboxylic acid groups (broad SMARTS) is 1. The Kier molecular flexibility index (Phi) is 3.66. The third kappa shape index (κ3) is 2.91. The van der Waals surface area contributed by atoms with Crippen LogP contribution in [0.3, 0.4) is 0 Å². The molecular formula is C15H9ClO2. The van der Waals surface area contributed by atoms with E-state index >= 15 is 0 Å². The minimum absolute atomic E-state index is 0.0662. The zero-order valence-corrected chi connectivity index (χ0v) is 10.1. The van der Waals surface area contributed by atoms with E-state index in [-0.39, 0.29) is 10.6 Å². The molecule has 2 aromatic carbocycles. The van der Waals surface area contributed by atoms with E-state index in [1.807, 2.05) is 30.3 Å². The quantitative estimate of drug-likeness (QED) is 0.794. The minimum Gasteiger partial charge on any atom is -0.478 e. The summed E-state index contributed by atoms with van der Waals surface area (Å²) in [5, 5.41) is 9.16. The maximum Gasteiger partial charge on any atom is 0.337 e. The maximum atomic E-state index is 10.9.